The minimum absolute atomic E-state index is 0.134. The number of fused-ring (bicyclic) bond motifs is 1. The molecule has 0 aromatic carbocycles. The van der Waals surface area contributed by atoms with Gasteiger partial charge in [0.05, 0.1) is 5.92 Å². The maximum absolute atomic E-state index is 12.2. The second-order valence-corrected chi connectivity index (χ2v) is 5.35. The molecule has 2 nitrogen and oxygen atoms in total. The van der Waals surface area contributed by atoms with Gasteiger partial charge in [-0.05, 0) is 38.3 Å². The van der Waals surface area contributed by atoms with Gasteiger partial charge < -0.3 is 4.74 Å². The molecular weight excluding hydrogens is 212 g/mol. The standard InChI is InChI=1S/C15H18O2/c1-15(2,3)17-14(16)13-9-5-4-7-11-8-6-10-12(11)13/h4-8,10,13H,9H2,1-3H3. The summed E-state index contributed by atoms with van der Waals surface area (Å²) in [6.07, 6.45) is 12.8. The van der Waals surface area contributed by atoms with E-state index in [4.69, 9.17) is 4.74 Å². The van der Waals surface area contributed by atoms with Crippen LogP contribution in [0.2, 0.25) is 0 Å². The second kappa shape index (κ2) is 4.36. The molecule has 0 saturated carbocycles. The third kappa shape index (κ3) is 2.76. The van der Waals surface area contributed by atoms with E-state index in [1.54, 1.807) is 0 Å². The third-order valence-electron chi connectivity index (χ3n) is 2.74. The van der Waals surface area contributed by atoms with Gasteiger partial charge in [-0.25, -0.2) is 0 Å². The molecule has 0 bridgehead atoms. The van der Waals surface area contributed by atoms with Crippen molar-refractivity contribution in [2.24, 2.45) is 5.92 Å². The van der Waals surface area contributed by atoms with Crippen LogP contribution in [0.4, 0.5) is 0 Å². The summed E-state index contributed by atoms with van der Waals surface area (Å²) in [5, 5.41) is 0. The number of ether oxygens (including phenoxy) is 1. The first-order valence-corrected chi connectivity index (χ1v) is 5.96. The lowest BCUT2D eigenvalue weighted by atomic mass is 9.93. The number of allylic oxidation sites excluding steroid dienone is 7. The highest BCUT2D eigenvalue weighted by Crippen LogP contribution is 2.32. The molecule has 0 spiro atoms. The maximum atomic E-state index is 12.2. The third-order valence-corrected chi connectivity index (χ3v) is 2.74. The average Bonchev–Trinajstić information content (AvgIpc) is 2.55. The molecule has 0 amide bonds. The molecule has 0 aromatic heterocycles. The molecule has 90 valence electrons. The van der Waals surface area contributed by atoms with Crippen LogP contribution in [0.5, 0.6) is 0 Å². The van der Waals surface area contributed by atoms with Crippen LogP contribution in [-0.2, 0) is 9.53 Å². The first-order valence-electron chi connectivity index (χ1n) is 5.96. The minimum atomic E-state index is -0.427. The summed E-state index contributed by atoms with van der Waals surface area (Å²) in [5.74, 6) is -0.306. The molecule has 1 atom stereocenters. The van der Waals surface area contributed by atoms with Crippen LogP contribution in [0.15, 0.2) is 47.6 Å². The number of carbonyl (C=O) groups excluding carboxylic acids is 1. The van der Waals surface area contributed by atoms with Crippen molar-refractivity contribution in [3.05, 3.63) is 47.6 Å². The van der Waals surface area contributed by atoms with Gasteiger partial charge >= 0.3 is 5.97 Å². The van der Waals surface area contributed by atoms with E-state index < -0.39 is 5.60 Å². The number of hydrogen-bond donors (Lipinski definition) is 0. The second-order valence-electron chi connectivity index (χ2n) is 5.35. The SMILES string of the molecule is CC(C)(C)OC(=O)C1CC=CC=C2C=CC=C21. The highest BCUT2D eigenvalue weighted by atomic mass is 16.6. The first-order chi connectivity index (χ1) is 7.97. The zero-order chi connectivity index (χ0) is 12.5. The molecule has 1 unspecified atom stereocenters. The van der Waals surface area contributed by atoms with Crippen LogP contribution in [0.25, 0.3) is 0 Å². The van der Waals surface area contributed by atoms with Gasteiger partial charge in [0.25, 0.3) is 0 Å². The number of hydrogen-bond acceptors (Lipinski definition) is 2. The lowest BCUT2D eigenvalue weighted by Gasteiger charge is -2.24. The number of esters is 1. The maximum Gasteiger partial charge on any atom is 0.314 e. The lowest BCUT2D eigenvalue weighted by Crippen LogP contribution is -2.29. The van der Waals surface area contributed by atoms with Crippen LogP contribution in [0.3, 0.4) is 0 Å². The Kier molecular flexibility index (Phi) is 3.05. The van der Waals surface area contributed by atoms with Crippen molar-refractivity contribution in [2.45, 2.75) is 32.8 Å². The van der Waals surface area contributed by atoms with Crippen LogP contribution < -0.4 is 0 Å². The first kappa shape index (κ1) is 11.9. The fourth-order valence-corrected chi connectivity index (χ4v) is 2.03. The van der Waals surface area contributed by atoms with E-state index in [-0.39, 0.29) is 11.9 Å². The molecule has 0 N–H and O–H groups in total. The van der Waals surface area contributed by atoms with Crippen molar-refractivity contribution in [1.29, 1.82) is 0 Å². The quantitative estimate of drug-likeness (QED) is 0.646. The van der Waals surface area contributed by atoms with Gasteiger partial charge in [0.1, 0.15) is 5.60 Å². The van der Waals surface area contributed by atoms with Gasteiger partial charge in [-0.2, -0.15) is 0 Å². The minimum Gasteiger partial charge on any atom is -0.459 e. The summed E-state index contributed by atoms with van der Waals surface area (Å²) in [7, 11) is 0. The largest absolute Gasteiger partial charge is 0.459 e. The summed E-state index contributed by atoms with van der Waals surface area (Å²) >= 11 is 0. The molecule has 0 radical (unpaired) electrons. The smallest absolute Gasteiger partial charge is 0.314 e. The Morgan fingerprint density at radius 2 is 2.06 bits per heavy atom. The normalized spacial score (nSPS) is 22.6. The summed E-state index contributed by atoms with van der Waals surface area (Å²) in [6.45, 7) is 5.69. The van der Waals surface area contributed by atoms with Gasteiger partial charge in [0.15, 0.2) is 0 Å². The zero-order valence-corrected chi connectivity index (χ0v) is 10.6. The highest BCUT2D eigenvalue weighted by Gasteiger charge is 2.29. The van der Waals surface area contributed by atoms with E-state index in [0.717, 1.165) is 11.1 Å². The van der Waals surface area contributed by atoms with Crippen molar-refractivity contribution < 1.29 is 9.53 Å². The van der Waals surface area contributed by atoms with E-state index in [9.17, 15) is 4.79 Å². The monoisotopic (exact) mass is 230 g/mol. The van der Waals surface area contributed by atoms with Gasteiger partial charge in [-0.1, -0.05) is 36.5 Å². The molecule has 2 aliphatic carbocycles. The Bertz CT molecular complexity index is 442. The van der Waals surface area contributed by atoms with Crippen LogP contribution >= 0.6 is 0 Å². The van der Waals surface area contributed by atoms with E-state index in [0.29, 0.717) is 6.42 Å². The van der Waals surface area contributed by atoms with Gasteiger partial charge in [0, 0.05) is 0 Å². The zero-order valence-electron chi connectivity index (χ0n) is 10.6. The predicted octanol–water partition coefficient (Wildman–Crippen LogP) is 3.33. The Hall–Kier alpha value is -1.57. The molecule has 2 aliphatic rings. The van der Waals surface area contributed by atoms with Crippen molar-refractivity contribution in [3.8, 4) is 0 Å². The number of rotatable bonds is 1. The average molecular weight is 230 g/mol. The lowest BCUT2D eigenvalue weighted by molar-refractivity contribution is -0.158. The van der Waals surface area contributed by atoms with Gasteiger partial charge in [-0.15, -0.1) is 0 Å². The Morgan fingerprint density at radius 1 is 1.29 bits per heavy atom. The number of carbonyl (C=O) groups is 1. The van der Waals surface area contributed by atoms with Gasteiger partial charge in [-0.3, -0.25) is 4.79 Å². The molecule has 0 aromatic rings. The summed E-state index contributed by atoms with van der Waals surface area (Å²) in [5.41, 5.74) is 1.77. The van der Waals surface area contributed by atoms with E-state index in [2.05, 4.69) is 0 Å². The molecular formula is C15H18O2. The Morgan fingerprint density at radius 3 is 2.76 bits per heavy atom. The summed E-state index contributed by atoms with van der Waals surface area (Å²) in [4.78, 5) is 12.2. The highest BCUT2D eigenvalue weighted by molar-refractivity contribution is 5.79. The fourth-order valence-electron chi connectivity index (χ4n) is 2.03. The Balaban J connectivity index is 2.19. The summed E-state index contributed by atoms with van der Waals surface area (Å²) in [6, 6.07) is 0. The molecule has 2 rings (SSSR count). The topological polar surface area (TPSA) is 26.3 Å². The molecule has 17 heavy (non-hydrogen) atoms. The Labute approximate surface area is 102 Å². The van der Waals surface area contributed by atoms with Crippen molar-refractivity contribution >= 4 is 5.97 Å². The van der Waals surface area contributed by atoms with Crippen LogP contribution in [0.1, 0.15) is 27.2 Å². The molecule has 0 aliphatic heterocycles. The van der Waals surface area contributed by atoms with Gasteiger partial charge in [0.2, 0.25) is 0 Å². The predicted molar refractivity (Wildman–Crippen MR) is 68.4 cm³/mol. The fraction of sp³-hybridized carbons (Fsp3) is 0.400. The van der Waals surface area contributed by atoms with Crippen molar-refractivity contribution in [3.63, 3.8) is 0 Å². The molecule has 0 fully saturated rings. The molecule has 0 saturated heterocycles. The van der Waals surface area contributed by atoms with Crippen LogP contribution in [-0.4, -0.2) is 11.6 Å². The van der Waals surface area contributed by atoms with E-state index in [1.807, 2.05) is 57.2 Å². The summed E-state index contributed by atoms with van der Waals surface area (Å²) < 4.78 is 5.47. The van der Waals surface area contributed by atoms with Crippen molar-refractivity contribution in [2.75, 3.05) is 0 Å². The van der Waals surface area contributed by atoms with E-state index in [1.165, 1.54) is 0 Å². The molecule has 0 heterocycles. The van der Waals surface area contributed by atoms with Crippen LogP contribution in [0, 0.1) is 5.92 Å². The molecule has 2 heteroatoms. The van der Waals surface area contributed by atoms with E-state index >= 15 is 0 Å². The van der Waals surface area contributed by atoms with Crippen molar-refractivity contribution in [1.82, 2.24) is 0 Å².